The van der Waals surface area contributed by atoms with Crippen LogP contribution in [-0.2, 0) is 5.60 Å². The van der Waals surface area contributed by atoms with Gasteiger partial charge in [0, 0.05) is 6.04 Å². The highest BCUT2D eigenvalue weighted by atomic mass is 16.3. The van der Waals surface area contributed by atoms with E-state index in [1.54, 1.807) is 0 Å². The molecular weight excluding hydrogens is 234 g/mol. The topological polar surface area (TPSA) is 23.5 Å². The van der Waals surface area contributed by atoms with Crippen molar-refractivity contribution in [2.24, 2.45) is 0 Å². The summed E-state index contributed by atoms with van der Waals surface area (Å²) in [5, 5.41) is 11.3. The number of hydrogen-bond acceptors (Lipinski definition) is 2. The quantitative estimate of drug-likeness (QED) is 0.881. The third-order valence-corrected chi connectivity index (χ3v) is 4.94. The summed E-state index contributed by atoms with van der Waals surface area (Å²) in [5.74, 6) is 0. The molecule has 1 aromatic rings. The molecule has 2 unspecified atom stereocenters. The predicted octanol–water partition coefficient (Wildman–Crippen LogP) is 3.30. The van der Waals surface area contributed by atoms with Gasteiger partial charge in [0.2, 0.25) is 0 Å². The van der Waals surface area contributed by atoms with Crippen LogP contribution in [0.4, 0.5) is 0 Å². The summed E-state index contributed by atoms with van der Waals surface area (Å²) in [6.45, 7) is 2.33. The highest BCUT2D eigenvalue weighted by molar-refractivity contribution is 5.25. The average Bonchev–Trinajstić information content (AvgIpc) is 2.49. The Labute approximate surface area is 116 Å². The van der Waals surface area contributed by atoms with E-state index in [0.29, 0.717) is 6.04 Å². The Hall–Kier alpha value is -0.860. The lowest BCUT2D eigenvalue weighted by atomic mass is 9.74. The summed E-state index contributed by atoms with van der Waals surface area (Å²) in [6.07, 6.45) is 8.41. The Balaban J connectivity index is 1.87. The minimum atomic E-state index is -0.628. The number of hydrogen-bond donors (Lipinski definition) is 1. The van der Waals surface area contributed by atoms with Crippen LogP contribution in [0, 0.1) is 0 Å². The van der Waals surface area contributed by atoms with Crippen LogP contribution in [0.1, 0.15) is 50.5 Å². The number of nitrogens with zero attached hydrogens (tertiary/aromatic N) is 1. The molecule has 2 aliphatic rings. The molecule has 1 aromatic carbocycles. The first-order valence-electron chi connectivity index (χ1n) is 7.83. The van der Waals surface area contributed by atoms with Gasteiger partial charge in [0.1, 0.15) is 5.60 Å². The fraction of sp³-hybridized carbons (Fsp3) is 0.647. The van der Waals surface area contributed by atoms with E-state index in [9.17, 15) is 5.11 Å². The van der Waals surface area contributed by atoms with Crippen molar-refractivity contribution in [2.45, 2.75) is 56.6 Å². The van der Waals surface area contributed by atoms with E-state index in [1.165, 1.54) is 38.8 Å². The zero-order valence-electron chi connectivity index (χ0n) is 11.7. The normalized spacial score (nSPS) is 33.2. The molecule has 1 N–H and O–H groups in total. The fourth-order valence-corrected chi connectivity index (χ4v) is 3.92. The number of benzene rings is 1. The third kappa shape index (κ3) is 2.56. The van der Waals surface area contributed by atoms with Crippen molar-refractivity contribution in [1.29, 1.82) is 0 Å². The van der Waals surface area contributed by atoms with Gasteiger partial charge in [-0.25, -0.2) is 0 Å². The predicted molar refractivity (Wildman–Crippen MR) is 78.0 cm³/mol. The smallest absolute Gasteiger partial charge is 0.105 e. The van der Waals surface area contributed by atoms with Crippen LogP contribution in [0.25, 0.3) is 0 Å². The van der Waals surface area contributed by atoms with Crippen LogP contribution in [0.15, 0.2) is 30.3 Å². The molecule has 0 radical (unpaired) electrons. The molecule has 0 bridgehead atoms. The lowest BCUT2D eigenvalue weighted by molar-refractivity contribution is -0.0840. The second-order valence-corrected chi connectivity index (χ2v) is 6.15. The Morgan fingerprint density at radius 1 is 0.947 bits per heavy atom. The van der Waals surface area contributed by atoms with Crippen LogP contribution >= 0.6 is 0 Å². The highest BCUT2D eigenvalue weighted by Gasteiger charge is 2.43. The Morgan fingerprint density at radius 3 is 2.42 bits per heavy atom. The maximum absolute atomic E-state index is 11.3. The summed E-state index contributed by atoms with van der Waals surface area (Å²) in [5.41, 5.74) is 0.488. The zero-order chi connectivity index (χ0) is 13.1. The lowest BCUT2D eigenvalue weighted by Crippen LogP contribution is -2.54. The van der Waals surface area contributed by atoms with Crippen molar-refractivity contribution >= 4 is 0 Å². The Bertz CT molecular complexity index is 399. The molecule has 0 amide bonds. The van der Waals surface area contributed by atoms with Crippen LogP contribution in [0.5, 0.6) is 0 Å². The minimum absolute atomic E-state index is 0.323. The van der Waals surface area contributed by atoms with Gasteiger partial charge in [-0.3, -0.25) is 4.90 Å². The molecule has 1 aliphatic heterocycles. The number of piperidine rings is 1. The number of rotatable bonds is 2. The fourth-order valence-electron chi connectivity index (χ4n) is 3.92. The average molecular weight is 259 g/mol. The van der Waals surface area contributed by atoms with Gasteiger partial charge in [0.15, 0.2) is 0 Å². The van der Waals surface area contributed by atoms with Crippen molar-refractivity contribution in [3.05, 3.63) is 35.9 Å². The van der Waals surface area contributed by atoms with E-state index in [4.69, 9.17) is 0 Å². The Morgan fingerprint density at radius 2 is 1.68 bits per heavy atom. The lowest BCUT2D eigenvalue weighted by Gasteiger charge is -2.47. The highest BCUT2D eigenvalue weighted by Crippen LogP contribution is 2.40. The molecule has 2 heteroatoms. The molecule has 1 heterocycles. The molecule has 1 saturated carbocycles. The molecule has 3 rings (SSSR count). The van der Waals surface area contributed by atoms with Gasteiger partial charge in [-0.05, 0) is 44.3 Å². The molecule has 1 aliphatic carbocycles. The molecule has 2 atom stereocenters. The Kier molecular flexibility index (Phi) is 3.90. The summed E-state index contributed by atoms with van der Waals surface area (Å²) in [6, 6.07) is 10.7. The van der Waals surface area contributed by atoms with Gasteiger partial charge in [0.05, 0.1) is 0 Å². The first-order valence-corrected chi connectivity index (χ1v) is 7.83. The van der Waals surface area contributed by atoms with E-state index >= 15 is 0 Å². The summed E-state index contributed by atoms with van der Waals surface area (Å²) >= 11 is 0. The summed E-state index contributed by atoms with van der Waals surface area (Å²) in [4.78, 5) is 2.55. The van der Waals surface area contributed by atoms with Crippen molar-refractivity contribution in [3.63, 3.8) is 0 Å². The molecule has 0 aromatic heterocycles. The molecule has 1 saturated heterocycles. The molecule has 104 valence electrons. The van der Waals surface area contributed by atoms with Gasteiger partial charge < -0.3 is 5.11 Å². The number of aliphatic hydroxyl groups is 1. The van der Waals surface area contributed by atoms with E-state index < -0.39 is 5.60 Å². The molecular formula is C17H25NO. The maximum atomic E-state index is 11.3. The number of likely N-dealkylation sites (tertiary alicyclic amines) is 1. The third-order valence-electron chi connectivity index (χ3n) is 4.94. The summed E-state index contributed by atoms with van der Waals surface area (Å²) in [7, 11) is 0. The molecule has 19 heavy (non-hydrogen) atoms. The second kappa shape index (κ2) is 5.64. The first-order chi connectivity index (χ1) is 9.31. The SMILES string of the molecule is OC1(c2ccccc2)CCCCC1N1CCCCC1. The van der Waals surface area contributed by atoms with Gasteiger partial charge in [-0.2, -0.15) is 0 Å². The van der Waals surface area contributed by atoms with Crippen LogP contribution < -0.4 is 0 Å². The van der Waals surface area contributed by atoms with Gasteiger partial charge >= 0.3 is 0 Å². The van der Waals surface area contributed by atoms with Gasteiger partial charge in [0.25, 0.3) is 0 Å². The van der Waals surface area contributed by atoms with Crippen molar-refractivity contribution in [2.75, 3.05) is 13.1 Å². The van der Waals surface area contributed by atoms with Gasteiger partial charge in [-0.1, -0.05) is 49.6 Å². The molecule has 2 nitrogen and oxygen atoms in total. The standard InChI is InChI=1S/C17H25NO/c19-17(15-9-3-1-4-10-15)12-6-5-11-16(17)18-13-7-2-8-14-18/h1,3-4,9-10,16,19H,2,5-8,11-14H2. The van der Waals surface area contributed by atoms with Crippen molar-refractivity contribution in [1.82, 2.24) is 4.90 Å². The largest absolute Gasteiger partial charge is 0.384 e. The monoisotopic (exact) mass is 259 g/mol. The van der Waals surface area contributed by atoms with Crippen molar-refractivity contribution in [3.8, 4) is 0 Å². The van der Waals surface area contributed by atoms with E-state index in [-0.39, 0.29) is 0 Å². The maximum Gasteiger partial charge on any atom is 0.105 e. The minimum Gasteiger partial charge on any atom is -0.384 e. The first kappa shape index (κ1) is 13.1. The van der Waals surface area contributed by atoms with Gasteiger partial charge in [-0.15, -0.1) is 0 Å². The van der Waals surface area contributed by atoms with Crippen LogP contribution in [0.3, 0.4) is 0 Å². The van der Waals surface area contributed by atoms with E-state index in [1.807, 2.05) is 6.07 Å². The van der Waals surface area contributed by atoms with Crippen LogP contribution in [0.2, 0.25) is 0 Å². The van der Waals surface area contributed by atoms with Crippen LogP contribution in [-0.4, -0.2) is 29.1 Å². The molecule has 2 fully saturated rings. The van der Waals surface area contributed by atoms with Crippen molar-refractivity contribution < 1.29 is 5.11 Å². The summed E-state index contributed by atoms with van der Waals surface area (Å²) < 4.78 is 0. The molecule has 0 spiro atoms. The zero-order valence-corrected chi connectivity index (χ0v) is 11.7. The second-order valence-electron chi connectivity index (χ2n) is 6.15. The van der Waals surface area contributed by atoms with E-state index in [2.05, 4.69) is 29.2 Å². The van der Waals surface area contributed by atoms with E-state index in [0.717, 1.165) is 24.8 Å².